The van der Waals surface area contributed by atoms with Crippen molar-refractivity contribution in [2.24, 2.45) is 0 Å². The second kappa shape index (κ2) is 28.8. The second-order valence-corrected chi connectivity index (χ2v) is 28.6. The van der Waals surface area contributed by atoms with E-state index in [0.717, 1.165) is 111 Å². The Morgan fingerprint density at radius 2 is 0.418 bits per heavy atom. The molecule has 0 bridgehead atoms. The molecule has 0 amide bonds. The van der Waals surface area contributed by atoms with Crippen molar-refractivity contribution in [3.05, 3.63) is 231 Å². The standard InChI is InChI=1S/C89H100O9/c1-16-50(7)67-38-56(22-32-79(67)90)73-44-64(45-74(85(73)96)57-23-33-80(91)68(39-57)51(8)17-2)88(13,14)62-28-30-63(31-29-62)89(15,65-46-75(58-24-34-81(92)69(40-58)52(9)18-3)86(97)76(47-65)59-25-35-82(93)70(41-59)53(10)19-4)66-48-77(60-26-36-83(94)71(42-60)54(11)20-5)87(98)78(49-66)61-27-37-84(95)72(43-61)55(12)21-6/h22-55,90-98H,16-21H2,1-15H3. The van der Waals surface area contributed by atoms with E-state index in [-0.39, 0.29) is 87.3 Å². The highest BCUT2D eigenvalue weighted by atomic mass is 16.3. The summed E-state index contributed by atoms with van der Waals surface area (Å²) >= 11 is 0. The molecule has 0 saturated heterocycles. The third-order valence-corrected chi connectivity index (χ3v) is 22.3. The predicted molar refractivity (Wildman–Crippen MR) is 403 cm³/mol. The van der Waals surface area contributed by atoms with Crippen LogP contribution in [-0.4, -0.2) is 46.0 Å². The van der Waals surface area contributed by atoms with Gasteiger partial charge in [0, 0.05) is 44.2 Å². The van der Waals surface area contributed by atoms with Gasteiger partial charge in [-0.2, -0.15) is 0 Å². The van der Waals surface area contributed by atoms with Crippen molar-refractivity contribution in [3.63, 3.8) is 0 Å². The van der Waals surface area contributed by atoms with Gasteiger partial charge in [0.2, 0.25) is 0 Å². The van der Waals surface area contributed by atoms with E-state index in [1.54, 1.807) is 36.4 Å². The fourth-order valence-corrected chi connectivity index (χ4v) is 14.1. The highest BCUT2D eigenvalue weighted by Gasteiger charge is 2.37. The van der Waals surface area contributed by atoms with Gasteiger partial charge in [0.1, 0.15) is 51.7 Å². The fraction of sp³-hybridized carbons (Fsp3) is 0.326. The van der Waals surface area contributed by atoms with Crippen LogP contribution >= 0.6 is 0 Å². The average Bonchev–Trinajstić information content (AvgIpc) is 0.734. The summed E-state index contributed by atoms with van der Waals surface area (Å²) in [6.45, 7) is 31.5. The second-order valence-electron chi connectivity index (χ2n) is 28.6. The van der Waals surface area contributed by atoms with Crippen LogP contribution in [0.2, 0.25) is 0 Å². The normalized spacial score (nSPS) is 14.3. The van der Waals surface area contributed by atoms with Crippen LogP contribution in [0.5, 0.6) is 51.7 Å². The number of aromatic hydroxyl groups is 9. The van der Waals surface area contributed by atoms with E-state index in [9.17, 15) is 46.0 Å². The van der Waals surface area contributed by atoms with Crippen molar-refractivity contribution >= 4 is 0 Å². The van der Waals surface area contributed by atoms with Crippen molar-refractivity contribution in [2.45, 2.75) is 189 Å². The molecule has 9 N–H and O–H groups in total. The average molecular weight is 1310 g/mol. The maximum atomic E-state index is 13.1. The van der Waals surface area contributed by atoms with Gasteiger partial charge in [0.05, 0.1) is 0 Å². The number of phenols is 9. The summed E-state index contributed by atoms with van der Waals surface area (Å²) in [6.07, 6.45) is 4.66. The lowest BCUT2D eigenvalue weighted by molar-refractivity contribution is 0.461. The minimum absolute atomic E-state index is 0.0106. The summed E-state index contributed by atoms with van der Waals surface area (Å²) in [7, 11) is 0. The summed E-state index contributed by atoms with van der Waals surface area (Å²) < 4.78 is 0. The van der Waals surface area contributed by atoms with E-state index in [0.29, 0.717) is 55.6 Å². The van der Waals surface area contributed by atoms with Crippen molar-refractivity contribution in [1.29, 1.82) is 0 Å². The maximum absolute atomic E-state index is 13.1. The Bertz CT molecular complexity index is 4160. The number of rotatable bonds is 23. The Morgan fingerprint density at radius 1 is 0.235 bits per heavy atom. The number of benzene rings is 10. The van der Waals surface area contributed by atoms with Crippen molar-refractivity contribution in [1.82, 2.24) is 0 Å². The van der Waals surface area contributed by atoms with Gasteiger partial charge in [0.25, 0.3) is 0 Å². The summed E-state index contributed by atoms with van der Waals surface area (Å²) in [4.78, 5) is 0. The molecular formula is C89H100O9. The molecule has 0 saturated carbocycles. The highest BCUT2D eigenvalue weighted by molar-refractivity contribution is 5.89. The predicted octanol–water partition coefficient (Wildman–Crippen LogP) is 23.8. The number of phenolic OH excluding ortho intramolecular Hbond substituents is 9. The van der Waals surface area contributed by atoms with E-state index in [4.69, 9.17) is 0 Å². The summed E-state index contributed by atoms with van der Waals surface area (Å²) in [5, 5.41) is 107. The molecule has 10 aromatic rings. The SMILES string of the molecule is CCC(C)c1cc(-c2cc(C(C)(C)c3ccc(C(C)(c4cc(-c5ccc(O)c(C(C)CC)c5)c(O)c(-c5ccc(O)c(C(C)CC)c5)c4)c4cc(-c5ccc(O)c(C(C)CC)c5)c(O)c(-c5ccc(O)c(C(C)CC)c5)c4)cc3)cc(-c3ccc(O)c(C(C)CC)c3)c2O)ccc1O. The van der Waals surface area contributed by atoms with Crippen LogP contribution in [0.15, 0.2) is 170 Å². The van der Waals surface area contributed by atoms with Crippen LogP contribution in [0, 0.1) is 0 Å². The molecular weight excluding hydrogens is 1210 g/mol. The van der Waals surface area contributed by atoms with Gasteiger partial charge in [0.15, 0.2) is 0 Å². The Labute approximate surface area is 581 Å². The maximum Gasteiger partial charge on any atom is 0.131 e. The first-order valence-corrected chi connectivity index (χ1v) is 35.4. The van der Waals surface area contributed by atoms with Gasteiger partial charge in [-0.1, -0.05) is 158 Å². The van der Waals surface area contributed by atoms with Gasteiger partial charge >= 0.3 is 0 Å². The lowest BCUT2D eigenvalue weighted by atomic mass is 9.68. The van der Waals surface area contributed by atoms with Crippen molar-refractivity contribution in [2.75, 3.05) is 0 Å². The van der Waals surface area contributed by atoms with E-state index < -0.39 is 10.8 Å². The lowest BCUT2D eigenvalue weighted by Gasteiger charge is -2.35. The Hall–Kier alpha value is -9.60. The molecule has 0 aliphatic carbocycles. The van der Waals surface area contributed by atoms with Gasteiger partial charge in [-0.25, -0.2) is 0 Å². The Balaban J connectivity index is 1.30. The molecule has 6 unspecified atom stereocenters. The van der Waals surface area contributed by atoms with Crippen LogP contribution in [0.1, 0.15) is 239 Å². The molecule has 0 aliphatic rings. The molecule has 510 valence electrons. The monoisotopic (exact) mass is 1310 g/mol. The van der Waals surface area contributed by atoms with E-state index in [1.165, 1.54) is 0 Å². The molecule has 0 aliphatic heterocycles. The van der Waals surface area contributed by atoms with Crippen molar-refractivity contribution in [3.8, 4) is 119 Å². The molecule has 10 aromatic carbocycles. The van der Waals surface area contributed by atoms with Gasteiger partial charge in [-0.3, -0.25) is 0 Å². The zero-order chi connectivity index (χ0) is 71.0. The van der Waals surface area contributed by atoms with Gasteiger partial charge < -0.3 is 46.0 Å². The van der Waals surface area contributed by atoms with Crippen LogP contribution in [0.4, 0.5) is 0 Å². The molecule has 9 heteroatoms. The van der Waals surface area contributed by atoms with Gasteiger partial charge in [-0.05, 0) is 285 Å². The first-order chi connectivity index (χ1) is 46.6. The van der Waals surface area contributed by atoms with Crippen LogP contribution in [0.3, 0.4) is 0 Å². The third-order valence-electron chi connectivity index (χ3n) is 22.3. The highest BCUT2D eigenvalue weighted by Crippen LogP contribution is 2.54. The lowest BCUT2D eigenvalue weighted by Crippen LogP contribution is -2.26. The summed E-state index contributed by atoms with van der Waals surface area (Å²) in [5.74, 6) is 1.21. The third kappa shape index (κ3) is 13.5. The van der Waals surface area contributed by atoms with Crippen LogP contribution in [-0.2, 0) is 10.8 Å². The fourth-order valence-electron chi connectivity index (χ4n) is 14.1. The molecule has 10 rings (SSSR count). The van der Waals surface area contributed by atoms with Crippen LogP contribution in [0.25, 0.3) is 66.8 Å². The molecule has 0 aromatic heterocycles. The molecule has 6 atom stereocenters. The summed E-state index contributed by atoms with van der Waals surface area (Å²) in [6, 6.07) is 54.0. The number of hydrogen-bond donors (Lipinski definition) is 9. The van der Waals surface area contributed by atoms with E-state index in [1.807, 2.05) is 97.1 Å². The molecule has 9 nitrogen and oxygen atoms in total. The van der Waals surface area contributed by atoms with Crippen LogP contribution < -0.4 is 0 Å². The quantitative estimate of drug-likeness (QED) is 0.0282. The molecule has 98 heavy (non-hydrogen) atoms. The van der Waals surface area contributed by atoms with E-state index in [2.05, 4.69) is 140 Å². The van der Waals surface area contributed by atoms with Crippen molar-refractivity contribution < 1.29 is 46.0 Å². The minimum atomic E-state index is -1.17. The largest absolute Gasteiger partial charge is 0.508 e. The topological polar surface area (TPSA) is 182 Å². The zero-order valence-corrected chi connectivity index (χ0v) is 59.9. The Kier molecular flexibility index (Phi) is 20.9. The first-order valence-electron chi connectivity index (χ1n) is 35.4. The Morgan fingerprint density at radius 3 is 0.612 bits per heavy atom. The molecule has 0 radical (unpaired) electrons. The summed E-state index contributed by atoms with van der Waals surface area (Å²) in [5.41, 5.74) is 14.4. The first kappa shape index (κ1) is 71.2. The smallest absolute Gasteiger partial charge is 0.131 e. The zero-order valence-electron chi connectivity index (χ0n) is 59.9. The van der Waals surface area contributed by atoms with Gasteiger partial charge in [-0.15, -0.1) is 0 Å². The minimum Gasteiger partial charge on any atom is -0.508 e. The molecule has 0 heterocycles. The molecule has 0 spiro atoms. The molecule has 0 fully saturated rings. The number of hydrogen-bond acceptors (Lipinski definition) is 9. The van der Waals surface area contributed by atoms with E-state index >= 15 is 0 Å².